The van der Waals surface area contributed by atoms with Crippen LogP contribution >= 0.6 is 0 Å². The van der Waals surface area contributed by atoms with Crippen molar-refractivity contribution in [1.82, 2.24) is 0 Å². The molecule has 0 fully saturated rings. The lowest BCUT2D eigenvalue weighted by atomic mass is 10.1. The van der Waals surface area contributed by atoms with Gasteiger partial charge in [0.05, 0.1) is 16.6 Å². The van der Waals surface area contributed by atoms with Crippen molar-refractivity contribution >= 4 is 17.3 Å². The molecular formula is C10H12FN3O4. The number of nitro groups is 1. The van der Waals surface area contributed by atoms with Crippen molar-refractivity contribution in [2.45, 2.75) is 6.42 Å². The highest BCUT2D eigenvalue weighted by molar-refractivity contribution is 5.90. The van der Waals surface area contributed by atoms with E-state index in [1.54, 1.807) is 0 Å². The summed E-state index contributed by atoms with van der Waals surface area (Å²) in [5, 5.41) is 22.1. The van der Waals surface area contributed by atoms with Crippen LogP contribution in [0.25, 0.3) is 0 Å². The highest BCUT2D eigenvalue weighted by Gasteiger charge is 2.21. The molecule has 7 nitrogen and oxygen atoms in total. The largest absolute Gasteiger partial charge is 0.478 e. The number of nitro benzene ring substituents is 1. The molecule has 0 bridgehead atoms. The maximum atomic E-state index is 13.3. The minimum Gasteiger partial charge on any atom is -0.478 e. The maximum absolute atomic E-state index is 13.3. The van der Waals surface area contributed by atoms with Crippen molar-refractivity contribution in [3.05, 3.63) is 33.6 Å². The molecule has 1 aromatic rings. The van der Waals surface area contributed by atoms with E-state index in [-0.39, 0.29) is 5.69 Å². The maximum Gasteiger partial charge on any atom is 0.338 e. The zero-order chi connectivity index (χ0) is 13.7. The monoisotopic (exact) mass is 257 g/mol. The molecule has 0 heterocycles. The third-order valence-electron chi connectivity index (χ3n) is 2.21. The molecule has 0 spiro atoms. The standard InChI is InChI=1S/C10H12FN3O4/c11-7-5-9(14(17)18)8(13-3-1-2-12)4-6(7)10(15)16/h4-5,13H,1-3,12H2,(H,15,16). The lowest BCUT2D eigenvalue weighted by Crippen LogP contribution is -2.11. The number of carbonyl (C=O) groups is 1. The highest BCUT2D eigenvalue weighted by atomic mass is 19.1. The van der Waals surface area contributed by atoms with E-state index < -0.39 is 28.0 Å². The van der Waals surface area contributed by atoms with Crippen LogP contribution in [0.1, 0.15) is 16.8 Å². The first-order valence-electron chi connectivity index (χ1n) is 5.12. The van der Waals surface area contributed by atoms with Gasteiger partial charge in [-0.25, -0.2) is 9.18 Å². The number of aromatic carboxylic acids is 1. The van der Waals surface area contributed by atoms with Crippen LogP contribution in [0.15, 0.2) is 12.1 Å². The lowest BCUT2D eigenvalue weighted by Gasteiger charge is -2.08. The molecule has 1 aromatic carbocycles. The fourth-order valence-electron chi connectivity index (χ4n) is 1.34. The van der Waals surface area contributed by atoms with Gasteiger partial charge in [-0.2, -0.15) is 0 Å². The van der Waals surface area contributed by atoms with Gasteiger partial charge in [0.2, 0.25) is 0 Å². The van der Waals surface area contributed by atoms with E-state index in [9.17, 15) is 19.3 Å². The van der Waals surface area contributed by atoms with Crippen LogP contribution in [-0.2, 0) is 0 Å². The van der Waals surface area contributed by atoms with E-state index in [1.165, 1.54) is 0 Å². The Kier molecular flexibility index (Phi) is 4.55. The normalized spacial score (nSPS) is 10.1. The third-order valence-corrected chi connectivity index (χ3v) is 2.21. The SMILES string of the molecule is NCCCNc1cc(C(=O)O)c(F)cc1[N+](=O)[O-]. The molecule has 0 aliphatic carbocycles. The number of hydrogen-bond acceptors (Lipinski definition) is 5. The van der Waals surface area contributed by atoms with Gasteiger partial charge in [-0.3, -0.25) is 10.1 Å². The van der Waals surface area contributed by atoms with Gasteiger partial charge in [0.1, 0.15) is 11.5 Å². The number of carboxylic acid groups (broad SMARTS) is 1. The van der Waals surface area contributed by atoms with E-state index in [0.29, 0.717) is 25.6 Å². The molecule has 0 amide bonds. The third kappa shape index (κ3) is 3.14. The number of rotatable bonds is 6. The van der Waals surface area contributed by atoms with Crippen LogP contribution < -0.4 is 11.1 Å². The molecule has 4 N–H and O–H groups in total. The van der Waals surface area contributed by atoms with E-state index in [4.69, 9.17) is 10.8 Å². The zero-order valence-corrected chi connectivity index (χ0v) is 9.35. The first kappa shape index (κ1) is 13.8. The first-order chi connectivity index (χ1) is 8.47. The molecule has 1 rings (SSSR count). The van der Waals surface area contributed by atoms with Crippen molar-refractivity contribution in [3.63, 3.8) is 0 Å². The number of nitrogens with two attached hydrogens (primary N) is 1. The van der Waals surface area contributed by atoms with Gasteiger partial charge in [0.25, 0.3) is 5.69 Å². The molecule has 0 atom stereocenters. The van der Waals surface area contributed by atoms with Crippen LogP contribution in [0.2, 0.25) is 0 Å². The van der Waals surface area contributed by atoms with E-state index in [2.05, 4.69) is 5.32 Å². The van der Waals surface area contributed by atoms with E-state index in [1.807, 2.05) is 0 Å². The van der Waals surface area contributed by atoms with Crippen LogP contribution in [0, 0.1) is 15.9 Å². The van der Waals surface area contributed by atoms with E-state index >= 15 is 0 Å². The summed E-state index contributed by atoms with van der Waals surface area (Å²) < 4.78 is 13.3. The van der Waals surface area contributed by atoms with Gasteiger partial charge in [0, 0.05) is 6.54 Å². The minimum atomic E-state index is -1.48. The van der Waals surface area contributed by atoms with Crippen LogP contribution in [0.3, 0.4) is 0 Å². The summed E-state index contributed by atoms with van der Waals surface area (Å²) in [7, 11) is 0. The molecule has 0 aromatic heterocycles. The van der Waals surface area contributed by atoms with Crippen molar-refractivity contribution in [2.24, 2.45) is 5.73 Å². The summed E-state index contributed by atoms with van der Waals surface area (Å²) in [6.07, 6.45) is 0.553. The number of nitrogens with one attached hydrogen (secondary N) is 1. The fourth-order valence-corrected chi connectivity index (χ4v) is 1.34. The number of halogens is 1. The number of hydrogen-bond donors (Lipinski definition) is 3. The molecule has 0 aliphatic heterocycles. The Morgan fingerprint density at radius 3 is 2.72 bits per heavy atom. The predicted molar refractivity (Wildman–Crippen MR) is 62.2 cm³/mol. The average Bonchev–Trinajstić information content (AvgIpc) is 2.30. The van der Waals surface area contributed by atoms with Crippen LogP contribution in [0.4, 0.5) is 15.8 Å². The summed E-state index contributed by atoms with van der Waals surface area (Å²) in [5.74, 6) is -2.62. The van der Waals surface area contributed by atoms with Crippen LogP contribution in [-0.4, -0.2) is 29.1 Å². The summed E-state index contributed by atoms with van der Waals surface area (Å²) >= 11 is 0. The molecule has 98 valence electrons. The molecule has 0 radical (unpaired) electrons. The Morgan fingerprint density at radius 2 is 2.22 bits per heavy atom. The fraction of sp³-hybridized carbons (Fsp3) is 0.300. The Hall–Kier alpha value is -2.22. The topological polar surface area (TPSA) is 118 Å². The van der Waals surface area contributed by atoms with Gasteiger partial charge in [-0.15, -0.1) is 0 Å². The molecule has 0 saturated heterocycles. The summed E-state index contributed by atoms with van der Waals surface area (Å²) in [5.41, 5.74) is 4.11. The second kappa shape index (κ2) is 5.92. The molecule has 18 heavy (non-hydrogen) atoms. The number of anilines is 1. The molecular weight excluding hydrogens is 245 g/mol. The summed E-state index contributed by atoms with van der Waals surface area (Å²) in [4.78, 5) is 20.7. The zero-order valence-electron chi connectivity index (χ0n) is 9.35. The molecule has 0 aliphatic rings. The smallest absolute Gasteiger partial charge is 0.338 e. The van der Waals surface area contributed by atoms with Crippen molar-refractivity contribution in [1.29, 1.82) is 0 Å². The van der Waals surface area contributed by atoms with Crippen molar-refractivity contribution in [2.75, 3.05) is 18.4 Å². The second-order valence-electron chi connectivity index (χ2n) is 3.48. The summed E-state index contributed by atoms with van der Waals surface area (Å²) in [6.45, 7) is 0.718. The molecule has 0 saturated carbocycles. The Labute approximate surface area is 102 Å². The predicted octanol–water partition coefficient (Wildman–Crippen LogP) is 1.19. The van der Waals surface area contributed by atoms with Gasteiger partial charge in [0.15, 0.2) is 0 Å². The van der Waals surface area contributed by atoms with Crippen molar-refractivity contribution < 1.29 is 19.2 Å². The minimum absolute atomic E-state index is 0.0350. The Bertz CT molecular complexity index is 478. The van der Waals surface area contributed by atoms with Gasteiger partial charge >= 0.3 is 5.97 Å². The lowest BCUT2D eigenvalue weighted by molar-refractivity contribution is -0.384. The van der Waals surface area contributed by atoms with Gasteiger partial charge < -0.3 is 16.2 Å². The Balaban J connectivity index is 3.14. The quantitative estimate of drug-likeness (QED) is 0.400. The number of carboxylic acids is 1. The number of benzene rings is 1. The van der Waals surface area contributed by atoms with Crippen LogP contribution in [0.5, 0.6) is 0 Å². The molecule has 8 heteroatoms. The first-order valence-corrected chi connectivity index (χ1v) is 5.12. The molecule has 0 unspecified atom stereocenters. The Morgan fingerprint density at radius 1 is 1.56 bits per heavy atom. The second-order valence-corrected chi connectivity index (χ2v) is 3.48. The van der Waals surface area contributed by atoms with Crippen molar-refractivity contribution in [3.8, 4) is 0 Å². The van der Waals surface area contributed by atoms with E-state index in [0.717, 1.165) is 6.07 Å². The summed E-state index contributed by atoms with van der Waals surface area (Å²) in [6, 6.07) is 1.50. The van der Waals surface area contributed by atoms with Gasteiger partial charge in [-0.1, -0.05) is 0 Å². The highest BCUT2D eigenvalue weighted by Crippen LogP contribution is 2.27. The average molecular weight is 257 g/mol. The van der Waals surface area contributed by atoms with Gasteiger partial charge in [-0.05, 0) is 19.0 Å². The number of nitrogens with zero attached hydrogens (tertiary/aromatic N) is 1.